The lowest BCUT2D eigenvalue weighted by Crippen LogP contribution is -2.48. The molecule has 0 aromatic heterocycles. The van der Waals surface area contributed by atoms with Crippen molar-refractivity contribution in [2.24, 2.45) is 23.5 Å². The van der Waals surface area contributed by atoms with Crippen molar-refractivity contribution in [1.29, 1.82) is 0 Å². The number of nitrogens with two attached hydrogens (primary N) is 1. The average molecular weight is 338 g/mol. The molecule has 6 heteroatoms. The second-order valence-corrected chi connectivity index (χ2v) is 6.93. The van der Waals surface area contributed by atoms with Gasteiger partial charge in [-0.15, -0.1) is 24.8 Å². The van der Waals surface area contributed by atoms with E-state index in [1.807, 2.05) is 0 Å². The molecule has 0 aliphatic heterocycles. The zero-order valence-corrected chi connectivity index (χ0v) is 14.6. The van der Waals surface area contributed by atoms with Crippen molar-refractivity contribution >= 4 is 30.7 Å². The van der Waals surface area contributed by atoms with Gasteiger partial charge in [-0.3, -0.25) is 9.69 Å². The van der Waals surface area contributed by atoms with Gasteiger partial charge in [-0.1, -0.05) is 0 Å². The highest BCUT2D eigenvalue weighted by Crippen LogP contribution is 2.47. The van der Waals surface area contributed by atoms with Crippen LogP contribution in [0.25, 0.3) is 0 Å². The van der Waals surface area contributed by atoms with Crippen molar-refractivity contribution in [2.75, 3.05) is 13.6 Å². The minimum absolute atomic E-state index is 0. The van der Waals surface area contributed by atoms with Gasteiger partial charge in [0, 0.05) is 24.7 Å². The van der Waals surface area contributed by atoms with Crippen LogP contribution in [-0.2, 0) is 4.79 Å². The first-order valence-corrected chi connectivity index (χ1v) is 7.83. The summed E-state index contributed by atoms with van der Waals surface area (Å²) in [6.45, 7) is 2.95. The number of carbonyl (C=O) groups excluding carboxylic acids is 1. The quantitative estimate of drug-likeness (QED) is 0.804. The number of nitrogens with zero attached hydrogens (tertiary/aromatic N) is 1. The van der Waals surface area contributed by atoms with Gasteiger partial charge in [0.25, 0.3) is 0 Å². The Bertz CT molecular complexity index is 363. The van der Waals surface area contributed by atoms with Gasteiger partial charge in [0.1, 0.15) is 0 Å². The smallest absolute Gasteiger partial charge is 0.225 e. The molecule has 1 amide bonds. The van der Waals surface area contributed by atoms with Gasteiger partial charge in [-0.2, -0.15) is 0 Å². The maximum Gasteiger partial charge on any atom is 0.225 e. The fraction of sp³-hybridized carbons (Fsp3) is 0.933. The van der Waals surface area contributed by atoms with Crippen LogP contribution in [0.1, 0.15) is 39.0 Å². The molecule has 21 heavy (non-hydrogen) atoms. The van der Waals surface area contributed by atoms with E-state index in [0.717, 1.165) is 12.6 Å². The lowest BCUT2D eigenvalue weighted by Gasteiger charge is -2.29. The van der Waals surface area contributed by atoms with Crippen LogP contribution in [0, 0.1) is 17.8 Å². The van der Waals surface area contributed by atoms with Crippen LogP contribution < -0.4 is 11.1 Å². The normalized spacial score (nSPS) is 35.0. The first kappa shape index (κ1) is 19.0. The van der Waals surface area contributed by atoms with E-state index in [0.29, 0.717) is 17.9 Å². The Kier molecular flexibility index (Phi) is 6.79. The molecule has 0 saturated heterocycles. The highest BCUT2D eigenvalue weighted by atomic mass is 35.5. The number of nitrogens with one attached hydrogen (secondary N) is 1. The molecule has 0 aromatic rings. The summed E-state index contributed by atoms with van der Waals surface area (Å²) in [5, 5.41) is 3.14. The van der Waals surface area contributed by atoms with Crippen molar-refractivity contribution in [2.45, 2.75) is 57.2 Å². The Morgan fingerprint density at radius 3 is 2.38 bits per heavy atom. The van der Waals surface area contributed by atoms with E-state index >= 15 is 0 Å². The molecule has 0 heterocycles. The number of fused-ring (bicyclic) bond motifs is 2. The van der Waals surface area contributed by atoms with Crippen LogP contribution in [0.15, 0.2) is 0 Å². The predicted octanol–water partition coefficient (Wildman–Crippen LogP) is 1.80. The number of hydrogen-bond acceptors (Lipinski definition) is 3. The van der Waals surface area contributed by atoms with E-state index in [2.05, 4.69) is 24.2 Å². The molecule has 3 fully saturated rings. The molecule has 2 bridgehead atoms. The van der Waals surface area contributed by atoms with Gasteiger partial charge >= 0.3 is 0 Å². The Morgan fingerprint density at radius 1 is 1.24 bits per heavy atom. The van der Waals surface area contributed by atoms with Crippen LogP contribution in [-0.4, -0.2) is 42.5 Å². The lowest BCUT2D eigenvalue weighted by atomic mass is 9.84. The number of rotatable bonds is 5. The van der Waals surface area contributed by atoms with Gasteiger partial charge in [0.05, 0.1) is 5.92 Å². The summed E-state index contributed by atoms with van der Waals surface area (Å²) in [5.41, 5.74) is 6.22. The van der Waals surface area contributed by atoms with Crippen LogP contribution in [0.5, 0.6) is 0 Å². The molecule has 3 aliphatic carbocycles. The number of amides is 1. The van der Waals surface area contributed by atoms with Crippen molar-refractivity contribution < 1.29 is 4.79 Å². The van der Waals surface area contributed by atoms with Gasteiger partial charge in [-0.25, -0.2) is 0 Å². The molecule has 0 radical (unpaired) electrons. The van der Waals surface area contributed by atoms with E-state index in [1.165, 1.54) is 32.1 Å². The van der Waals surface area contributed by atoms with E-state index in [1.54, 1.807) is 0 Å². The third-order valence-electron chi connectivity index (χ3n) is 5.67. The van der Waals surface area contributed by atoms with Crippen LogP contribution in [0.2, 0.25) is 0 Å². The van der Waals surface area contributed by atoms with Gasteiger partial charge < -0.3 is 11.1 Å². The summed E-state index contributed by atoms with van der Waals surface area (Å²) >= 11 is 0. The molecule has 3 rings (SSSR count). The third-order valence-corrected chi connectivity index (χ3v) is 5.67. The standard InChI is InChI=1S/C15H27N3O.2ClH/c1-9(18(2)12-5-6-12)8-17-15(19)13-10-3-4-11(7-10)14(13)16;;/h9-14H,3-8,16H2,1-2H3,(H,17,19);2*1H. The summed E-state index contributed by atoms with van der Waals surface area (Å²) in [5.74, 6) is 1.44. The first-order valence-electron chi connectivity index (χ1n) is 7.83. The van der Waals surface area contributed by atoms with E-state index in [-0.39, 0.29) is 42.7 Å². The highest BCUT2D eigenvalue weighted by Gasteiger charge is 2.49. The Morgan fingerprint density at radius 2 is 1.86 bits per heavy atom. The molecule has 124 valence electrons. The second kappa shape index (κ2) is 7.49. The largest absolute Gasteiger partial charge is 0.354 e. The summed E-state index contributed by atoms with van der Waals surface area (Å²) in [4.78, 5) is 14.7. The van der Waals surface area contributed by atoms with Gasteiger partial charge in [0.15, 0.2) is 0 Å². The fourth-order valence-electron chi connectivity index (χ4n) is 4.08. The Hall–Kier alpha value is -0.0300. The number of halogens is 2. The molecule has 3 N–H and O–H groups in total. The second-order valence-electron chi connectivity index (χ2n) is 6.93. The van der Waals surface area contributed by atoms with Crippen molar-refractivity contribution in [3.8, 4) is 0 Å². The van der Waals surface area contributed by atoms with Crippen molar-refractivity contribution in [3.63, 3.8) is 0 Å². The Labute approximate surface area is 140 Å². The summed E-state index contributed by atoms with van der Waals surface area (Å²) < 4.78 is 0. The summed E-state index contributed by atoms with van der Waals surface area (Å²) in [6, 6.07) is 1.28. The topological polar surface area (TPSA) is 58.4 Å². The summed E-state index contributed by atoms with van der Waals surface area (Å²) in [6.07, 6.45) is 6.24. The maximum atomic E-state index is 12.3. The van der Waals surface area contributed by atoms with Crippen LogP contribution in [0.4, 0.5) is 0 Å². The van der Waals surface area contributed by atoms with Crippen LogP contribution in [0.3, 0.4) is 0 Å². The first-order chi connectivity index (χ1) is 9.08. The average Bonchev–Trinajstić information content (AvgIpc) is 3.07. The van der Waals surface area contributed by atoms with E-state index in [9.17, 15) is 4.79 Å². The molecule has 5 atom stereocenters. The molecule has 0 aromatic carbocycles. The van der Waals surface area contributed by atoms with Crippen molar-refractivity contribution in [3.05, 3.63) is 0 Å². The SMILES string of the molecule is CC(CNC(=O)C1C2CCC(C2)C1N)N(C)C1CC1.Cl.Cl. The van der Waals surface area contributed by atoms with Crippen LogP contribution >= 0.6 is 24.8 Å². The van der Waals surface area contributed by atoms with E-state index in [4.69, 9.17) is 5.73 Å². The maximum absolute atomic E-state index is 12.3. The molecule has 0 spiro atoms. The van der Waals surface area contributed by atoms with E-state index < -0.39 is 0 Å². The zero-order chi connectivity index (χ0) is 13.6. The minimum atomic E-state index is 0. The molecule has 5 unspecified atom stereocenters. The molecule has 4 nitrogen and oxygen atoms in total. The highest BCUT2D eigenvalue weighted by molar-refractivity contribution is 5.85. The lowest BCUT2D eigenvalue weighted by molar-refractivity contribution is -0.127. The monoisotopic (exact) mass is 337 g/mol. The summed E-state index contributed by atoms with van der Waals surface area (Å²) in [7, 11) is 2.16. The van der Waals surface area contributed by atoms with Gasteiger partial charge in [-0.05, 0) is 57.9 Å². The number of hydrogen-bond donors (Lipinski definition) is 2. The molecular weight excluding hydrogens is 309 g/mol. The number of carbonyl (C=O) groups is 1. The predicted molar refractivity (Wildman–Crippen MR) is 90.0 cm³/mol. The molecule has 3 aliphatic rings. The third kappa shape index (κ3) is 3.84. The Balaban J connectivity index is 0.00000110. The zero-order valence-electron chi connectivity index (χ0n) is 13.0. The minimum Gasteiger partial charge on any atom is -0.354 e. The molecule has 3 saturated carbocycles. The number of likely N-dealkylation sites (N-methyl/N-ethyl adjacent to an activating group) is 1. The molecular formula is C15H29Cl2N3O. The fourth-order valence-corrected chi connectivity index (χ4v) is 4.08. The van der Waals surface area contributed by atoms with Crippen molar-refractivity contribution in [1.82, 2.24) is 10.2 Å². The van der Waals surface area contributed by atoms with Gasteiger partial charge in [0.2, 0.25) is 5.91 Å².